The average molecular weight is 235 g/mol. The Hall–Kier alpha value is -1.02. The van der Waals surface area contributed by atoms with Crippen LogP contribution in [0.4, 0.5) is 0 Å². The van der Waals surface area contributed by atoms with Gasteiger partial charge in [0.2, 0.25) is 0 Å². The predicted octanol–water partition coefficient (Wildman–Crippen LogP) is 3.91. The van der Waals surface area contributed by atoms with Gasteiger partial charge in [-0.2, -0.15) is 0 Å². The molecule has 0 aromatic heterocycles. The van der Waals surface area contributed by atoms with Crippen LogP contribution >= 0.6 is 0 Å². The van der Waals surface area contributed by atoms with Crippen LogP contribution in [0.1, 0.15) is 51.6 Å². The van der Waals surface area contributed by atoms with Gasteiger partial charge in [0, 0.05) is 6.04 Å². The molecular formula is C15H25NO. The molecule has 0 aliphatic heterocycles. The lowest BCUT2D eigenvalue weighted by molar-refractivity contribution is 0.316. The molecule has 0 radical (unpaired) electrons. The van der Waals surface area contributed by atoms with Crippen molar-refractivity contribution in [1.29, 1.82) is 0 Å². The van der Waals surface area contributed by atoms with Crippen molar-refractivity contribution in [1.82, 2.24) is 0 Å². The molecule has 2 heteroatoms. The Morgan fingerprint density at radius 1 is 1.24 bits per heavy atom. The van der Waals surface area contributed by atoms with E-state index in [1.165, 1.54) is 18.4 Å². The first-order chi connectivity index (χ1) is 8.19. The number of ether oxygens (including phenoxy) is 1. The highest BCUT2D eigenvalue weighted by molar-refractivity contribution is 5.30. The van der Waals surface area contributed by atoms with Gasteiger partial charge in [0.1, 0.15) is 5.75 Å². The number of hydrogen-bond acceptors (Lipinski definition) is 2. The van der Waals surface area contributed by atoms with Crippen LogP contribution in [0.25, 0.3) is 0 Å². The van der Waals surface area contributed by atoms with Crippen molar-refractivity contribution in [3.05, 3.63) is 29.8 Å². The number of hydrogen-bond donors (Lipinski definition) is 1. The van der Waals surface area contributed by atoms with E-state index >= 15 is 0 Å². The Labute approximate surface area is 105 Å². The van der Waals surface area contributed by atoms with E-state index in [4.69, 9.17) is 10.5 Å². The normalized spacial score (nSPS) is 14.4. The van der Waals surface area contributed by atoms with Crippen molar-refractivity contribution < 1.29 is 4.74 Å². The largest absolute Gasteiger partial charge is 0.494 e. The predicted molar refractivity (Wildman–Crippen MR) is 73.2 cm³/mol. The first-order valence-corrected chi connectivity index (χ1v) is 6.67. The van der Waals surface area contributed by atoms with Gasteiger partial charge in [-0.1, -0.05) is 39.3 Å². The minimum absolute atomic E-state index is 0.111. The Morgan fingerprint density at radius 3 is 2.65 bits per heavy atom. The van der Waals surface area contributed by atoms with Crippen LogP contribution in [-0.2, 0) is 0 Å². The van der Waals surface area contributed by atoms with E-state index in [0.717, 1.165) is 18.8 Å². The van der Waals surface area contributed by atoms with Crippen LogP contribution in [0.5, 0.6) is 5.75 Å². The Balaban J connectivity index is 2.69. The van der Waals surface area contributed by atoms with Crippen LogP contribution in [0.3, 0.4) is 0 Å². The maximum absolute atomic E-state index is 6.27. The molecule has 1 rings (SSSR count). The molecule has 2 atom stereocenters. The van der Waals surface area contributed by atoms with E-state index < -0.39 is 0 Å². The van der Waals surface area contributed by atoms with Gasteiger partial charge in [0.25, 0.3) is 0 Å². The molecule has 0 saturated carbocycles. The first kappa shape index (κ1) is 14.0. The van der Waals surface area contributed by atoms with Crippen LogP contribution in [0, 0.1) is 5.92 Å². The SMILES string of the molecule is CCCOc1cccc(C(N)C(C)CCC)c1. The van der Waals surface area contributed by atoms with E-state index in [1.54, 1.807) is 0 Å². The molecule has 0 bridgehead atoms. The molecule has 2 unspecified atom stereocenters. The van der Waals surface area contributed by atoms with Crippen LogP contribution in [0.2, 0.25) is 0 Å². The highest BCUT2D eigenvalue weighted by Crippen LogP contribution is 2.25. The quantitative estimate of drug-likeness (QED) is 0.777. The van der Waals surface area contributed by atoms with E-state index in [2.05, 4.69) is 32.9 Å². The third-order valence-corrected chi connectivity index (χ3v) is 3.07. The molecular weight excluding hydrogens is 210 g/mol. The lowest BCUT2D eigenvalue weighted by atomic mass is 9.92. The molecule has 0 aliphatic carbocycles. The van der Waals surface area contributed by atoms with Gasteiger partial charge < -0.3 is 10.5 Å². The monoisotopic (exact) mass is 235 g/mol. The van der Waals surface area contributed by atoms with Gasteiger partial charge in [-0.15, -0.1) is 0 Å². The molecule has 96 valence electrons. The van der Waals surface area contributed by atoms with Gasteiger partial charge in [-0.25, -0.2) is 0 Å². The minimum Gasteiger partial charge on any atom is -0.494 e. The second kappa shape index (κ2) is 7.33. The molecule has 0 amide bonds. The zero-order chi connectivity index (χ0) is 12.7. The highest BCUT2D eigenvalue weighted by Gasteiger charge is 2.14. The minimum atomic E-state index is 0.111. The Kier molecular flexibility index (Phi) is 6.06. The molecule has 0 aliphatic rings. The van der Waals surface area contributed by atoms with E-state index in [0.29, 0.717) is 5.92 Å². The first-order valence-electron chi connectivity index (χ1n) is 6.67. The number of benzene rings is 1. The maximum atomic E-state index is 6.27. The van der Waals surface area contributed by atoms with Crippen LogP contribution < -0.4 is 10.5 Å². The summed E-state index contributed by atoms with van der Waals surface area (Å²) in [7, 11) is 0. The lowest BCUT2D eigenvalue weighted by Gasteiger charge is -2.20. The highest BCUT2D eigenvalue weighted by atomic mass is 16.5. The summed E-state index contributed by atoms with van der Waals surface area (Å²) in [6.45, 7) is 7.29. The standard InChI is InChI=1S/C15H25NO/c1-4-7-12(3)15(16)13-8-6-9-14(11-13)17-10-5-2/h6,8-9,11-12,15H,4-5,7,10,16H2,1-3H3. The summed E-state index contributed by atoms with van der Waals surface area (Å²) in [5.41, 5.74) is 7.45. The van der Waals surface area contributed by atoms with Gasteiger partial charge >= 0.3 is 0 Å². The molecule has 1 aromatic carbocycles. The summed E-state index contributed by atoms with van der Waals surface area (Å²) < 4.78 is 5.63. The summed E-state index contributed by atoms with van der Waals surface area (Å²) in [6.07, 6.45) is 3.38. The van der Waals surface area contributed by atoms with Crippen molar-refractivity contribution in [3.63, 3.8) is 0 Å². The smallest absolute Gasteiger partial charge is 0.119 e. The second-order valence-electron chi connectivity index (χ2n) is 4.71. The third kappa shape index (κ3) is 4.39. The van der Waals surface area contributed by atoms with E-state index in [-0.39, 0.29) is 6.04 Å². The fourth-order valence-corrected chi connectivity index (χ4v) is 2.00. The number of nitrogens with two attached hydrogens (primary N) is 1. The molecule has 0 heterocycles. The summed E-state index contributed by atoms with van der Waals surface area (Å²) in [6, 6.07) is 8.30. The van der Waals surface area contributed by atoms with Crippen LogP contribution in [-0.4, -0.2) is 6.61 Å². The van der Waals surface area contributed by atoms with Gasteiger partial charge in [0.05, 0.1) is 6.61 Å². The molecule has 2 nitrogen and oxygen atoms in total. The van der Waals surface area contributed by atoms with Crippen molar-refractivity contribution in [2.75, 3.05) is 6.61 Å². The van der Waals surface area contributed by atoms with Gasteiger partial charge in [0.15, 0.2) is 0 Å². The molecule has 17 heavy (non-hydrogen) atoms. The summed E-state index contributed by atoms with van der Waals surface area (Å²) in [4.78, 5) is 0. The average Bonchev–Trinajstić information content (AvgIpc) is 2.36. The zero-order valence-electron chi connectivity index (χ0n) is 11.3. The van der Waals surface area contributed by atoms with E-state index in [1.807, 2.05) is 12.1 Å². The van der Waals surface area contributed by atoms with Gasteiger partial charge in [-0.3, -0.25) is 0 Å². The third-order valence-electron chi connectivity index (χ3n) is 3.07. The van der Waals surface area contributed by atoms with Crippen molar-refractivity contribution in [3.8, 4) is 5.75 Å². The molecule has 0 spiro atoms. The summed E-state index contributed by atoms with van der Waals surface area (Å²) in [5.74, 6) is 1.45. The fraction of sp³-hybridized carbons (Fsp3) is 0.600. The number of rotatable bonds is 7. The zero-order valence-corrected chi connectivity index (χ0v) is 11.3. The Morgan fingerprint density at radius 2 is 2.00 bits per heavy atom. The van der Waals surface area contributed by atoms with Crippen molar-refractivity contribution >= 4 is 0 Å². The summed E-state index contributed by atoms with van der Waals surface area (Å²) >= 11 is 0. The molecule has 2 N–H and O–H groups in total. The second-order valence-corrected chi connectivity index (χ2v) is 4.71. The van der Waals surface area contributed by atoms with Crippen LogP contribution in [0.15, 0.2) is 24.3 Å². The molecule has 0 saturated heterocycles. The maximum Gasteiger partial charge on any atom is 0.119 e. The fourth-order valence-electron chi connectivity index (χ4n) is 2.00. The van der Waals surface area contributed by atoms with Gasteiger partial charge in [-0.05, 0) is 36.5 Å². The molecule has 0 fully saturated rings. The Bertz CT molecular complexity index is 324. The molecule has 1 aromatic rings. The van der Waals surface area contributed by atoms with Crippen molar-refractivity contribution in [2.45, 2.75) is 46.1 Å². The van der Waals surface area contributed by atoms with E-state index in [9.17, 15) is 0 Å². The lowest BCUT2D eigenvalue weighted by Crippen LogP contribution is -2.19. The van der Waals surface area contributed by atoms with Crippen molar-refractivity contribution in [2.24, 2.45) is 11.7 Å². The topological polar surface area (TPSA) is 35.2 Å². The summed E-state index contributed by atoms with van der Waals surface area (Å²) in [5, 5.41) is 0.